The van der Waals surface area contributed by atoms with Crippen molar-refractivity contribution in [3.05, 3.63) is 35.9 Å². The van der Waals surface area contributed by atoms with Gasteiger partial charge in [-0.15, -0.1) is 0 Å². The summed E-state index contributed by atoms with van der Waals surface area (Å²) in [7, 11) is 1.68. The zero-order valence-electron chi connectivity index (χ0n) is 15.1. The average molecular weight is 343 g/mol. The van der Waals surface area contributed by atoms with Gasteiger partial charge in [0.2, 0.25) is 11.8 Å². The minimum atomic E-state index is -0.243. The van der Waals surface area contributed by atoms with Gasteiger partial charge in [-0.2, -0.15) is 0 Å². The second kappa shape index (κ2) is 8.48. The zero-order chi connectivity index (χ0) is 17.6. The van der Waals surface area contributed by atoms with Crippen molar-refractivity contribution in [3.8, 4) is 0 Å². The fourth-order valence-corrected chi connectivity index (χ4v) is 4.05. The quantitative estimate of drug-likeness (QED) is 0.885. The second-order valence-electron chi connectivity index (χ2n) is 7.17. The fourth-order valence-electron chi connectivity index (χ4n) is 4.05. The number of hydrogen-bond donors (Lipinski definition) is 1. The van der Waals surface area contributed by atoms with Crippen LogP contribution in [0.15, 0.2) is 30.3 Å². The molecule has 1 aliphatic heterocycles. The Morgan fingerprint density at radius 3 is 2.52 bits per heavy atom. The lowest BCUT2D eigenvalue weighted by Crippen LogP contribution is -2.60. The Hall–Kier alpha value is -1.88. The van der Waals surface area contributed by atoms with Crippen molar-refractivity contribution in [1.82, 2.24) is 15.1 Å². The summed E-state index contributed by atoms with van der Waals surface area (Å²) in [5.74, 6) is 0.451. The van der Waals surface area contributed by atoms with Gasteiger partial charge in [-0.1, -0.05) is 43.2 Å². The molecule has 0 bridgehead atoms. The standard InChI is InChI=1S/C20H29N3O2/c1-21-19(24)18-15-23(20(25)17-9-5-6-10-17)14-13-22(18)12-11-16-7-3-2-4-8-16/h2-4,7-8,17-18H,5-6,9-15H2,1H3,(H,21,24). The normalized spacial score (nSPS) is 22.1. The van der Waals surface area contributed by atoms with Crippen LogP contribution in [0.25, 0.3) is 0 Å². The number of piperazine rings is 1. The molecule has 1 unspecified atom stereocenters. The molecule has 136 valence electrons. The van der Waals surface area contributed by atoms with Gasteiger partial charge in [0.15, 0.2) is 0 Å². The number of carbonyl (C=O) groups excluding carboxylic acids is 2. The fraction of sp³-hybridized carbons (Fsp3) is 0.600. The minimum Gasteiger partial charge on any atom is -0.358 e. The van der Waals surface area contributed by atoms with E-state index in [-0.39, 0.29) is 23.8 Å². The van der Waals surface area contributed by atoms with Crippen molar-refractivity contribution in [1.29, 1.82) is 0 Å². The van der Waals surface area contributed by atoms with Crippen LogP contribution in [0.2, 0.25) is 0 Å². The van der Waals surface area contributed by atoms with Crippen LogP contribution in [0.1, 0.15) is 31.2 Å². The summed E-state index contributed by atoms with van der Waals surface area (Å²) in [5.41, 5.74) is 1.28. The second-order valence-corrected chi connectivity index (χ2v) is 7.17. The molecule has 2 fully saturated rings. The van der Waals surface area contributed by atoms with E-state index in [2.05, 4.69) is 22.3 Å². The highest BCUT2D eigenvalue weighted by atomic mass is 16.2. The Morgan fingerprint density at radius 2 is 1.84 bits per heavy atom. The molecule has 1 heterocycles. The Bertz CT molecular complexity index is 584. The molecule has 25 heavy (non-hydrogen) atoms. The Kier molecular flexibility index (Phi) is 6.08. The molecule has 5 heteroatoms. The Morgan fingerprint density at radius 1 is 1.12 bits per heavy atom. The van der Waals surface area contributed by atoms with Crippen LogP contribution < -0.4 is 5.32 Å². The van der Waals surface area contributed by atoms with E-state index >= 15 is 0 Å². The van der Waals surface area contributed by atoms with E-state index in [4.69, 9.17) is 0 Å². The van der Waals surface area contributed by atoms with Crippen molar-refractivity contribution in [2.45, 2.75) is 38.1 Å². The molecule has 1 aromatic carbocycles. The van der Waals surface area contributed by atoms with E-state index in [1.165, 1.54) is 5.56 Å². The zero-order valence-corrected chi connectivity index (χ0v) is 15.1. The van der Waals surface area contributed by atoms with Crippen molar-refractivity contribution >= 4 is 11.8 Å². The van der Waals surface area contributed by atoms with E-state index in [1.54, 1.807) is 7.05 Å². The number of rotatable bonds is 5. The molecule has 1 atom stereocenters. The molecule has 0 spiro atoms. The smallest absolute Gasteiger partial charge is 0.238 e. The maximum Gasteiger partial charge on any atom is 0.238 e. The maximum atomic E-state index is 12.7. The molecule has 2 aliphatic rings. The van der Waals surface area contributed by atoms with Gasteiger partial charge in [-0.3, -0.25) is 14.5 Å². The number of benzene rings is 1. The van der Waals surface area contributed by atoms with Crippen molar-refractivity contribution in [3.63, 3.8) is 0 Å². The van der Waals surface area contributed by atoms with Crippen LogP contribution in [0.4, 0.5) is 0 Å². The first kappa shape index (κ1) is 17.9. The van der Waals surface area contributed by atoms with E-state index < -0.39 is 0 Å². The molecule has 2 amide bonds. The third-order valence-corrected chi connectivity index (χ3v) is 5.59. The number of likely N-dealkylation sites (N-methyl/N-ethyl adjacent to an activating group) is 1. The predicted molar refractivity (Wildman–Crippen MR) is 98.1 cm³/mol. The van der Waals surface area contributed by atoms with E-state index in [0.717, 1.165) is 51.7 Å². The lowest BCUT2D eigenvalue weighted by molar-refractivity contribution is -0.141. The summed E-state index contributed by atoms with van der Waals surface area (Å²) in [6, 6.07) is 10.1. The topological polar surface area (TPSA) is 52.7 Å². The third-order valence-electron chi connectivity index (χ3n) is 5.59. The summed E-state index contributed by atoms with van der Waals surface area (Å²) >= 11 is 0. The summed E-state index contributed by atoms with van der Waals surface area (Å²) < 4.78 is 0. The largest absolute Gasteiger partial charge is 0.358 e. The highest BCUT2D eigenvalue weighted by molar-refractivity contribution is 5.84. The molecule has 1 aliphatic carbocycles. The lowest BCUT2D eigenvalue weighted by Gasteiger charge is -2.41. The number of carbonyl (C=O) groups is 2. The molecule has 1 aromatic rings. The number of nitrogens with one attached hydrogen (secondary N) is 1. The van der Waals surface area contributed by atoms with Crippen LogP contribution >= 0.6 is 0 Å². The van der Waals surface area contributed by atoms with Gasteiger partial charge in [-0.05, 0) is 24.8 Å². The molecule has 0 aromatic heterocycles. The summed E-state index contributed by atoms with van der Waals surface area (Å²) in [6.07, 6.45) is 5.26. The molecular formula is C20H29N3O2. The molecule has 1 saturated heterocycles. The highest BCUT2D eigenvalue weighted by Gasteiger charge is 2.36. The van der Waals surface area contributed by atoms with E-state index in [0.29, 0.717) is 6.54 Å². The predicted octanol–water partition coefficient (Wildman–Crippen LogP) is 1.68. The van der Waals surface area contributed by atoms with Crippen molar-refractivity contribution in [2.24, 2.45) is 5.92 Å². The first-order chi connectivity index (χ1) is 12.2. The minimum absolute atomic E-state index is 0.0111. The van der Waals surface area contributed by atoms with E-state index in [9.17, 15) is 9.59 Å². The summed E-state index contributed by atoms with van der Waals surface area (Å²) in [4.78, 5) is 29.3. The van der Waals surface area contributed by atoms with Gasteiger partial charge >= 0.3 is 0 Å². The van der Waals surface area contributed by atoms with Gasteiger partial charge < -0.3 is 10.2 Å². The summed E-state index contributed by atoms with van der Waals surface area (Å²) in [6.45, 7) is 2.86. The lowest BCUT2D eigenvalue weighted by atomic mass is 10.0. The van der Waals surface area contributed by atoms with Crippen LogP contribution in [0.3, 0.4) is 0 Å². The highest BCUT2D eigenvalue weighted by Crippen LogP contribution is 2.27. The first-order valence-electron chi connectivity index (χ1n) is 9.47. The third kappa shape index (κ3) is 4.40. The van der Waals surface area contributed by atoms with Gasteiger partial charge in [0.05, 0.1) is 0 Å². The summed E-state index contributed by atoms with van der Waals surface area (Å²) in [5, 5.41) is 2.77. The van der Waals surface area contributed by atoms with Crippen LogP contribution in [-0.2, 0) is 16.0 Å². The number of hydrogen-bond acceptors (Lipinski definition) is 3. The van der Waals surface area contributed by atoms with Crippen LogP contribution in [0.5, 0.6) is 0 Å². The molecule has 3 rings (SSSR count). The molecule has 0 radical (unpaired) electrons. The maximum absolute atomic E-state index is 12.7. The monoisotopic (exact) mass is 343 g/mol. The average Bonchev–Trinajstić information content (AvgIpc) is 3.20. The van der Waals surface area contributed by atoms with E-state index in [1.807, 2.05) is 23.1 Å². The van der Waals surface area contributed by atoms with Crippen molar-refractivity contribution in [2.75, 3.05) is 33.2 Å². The van der Waals surface area contributed by atoms with Crippen LogP contribution in [0, 0.1) is 5.92 Å². The SMILES string of the molecule is CNC(=O)C1CN(C(=O)C2CCCC2)CCN1CCc1ccccc1. The Balaban J connectivity index is 1.62. The number of amides is 2. The molecule has 1 N–H and O–H groups in total. The molecule has 5 nitrogen and oxygen atoms in total. The van der Waals surface area contributed by atoms with Gasteiger partial charge in [0.1, 0.15) is 6.04 Å². The molecule has 1 saturated carbocycles. The first-order valence-corrected chi connectivity index (χ1v) is 9.47. The van der Waals surface area contributed by atoms with Gasteiger partial charge in [-0.25, -0.2) is 0 Å². The van der Waals surface area contributed by atoms with Crippen molar-refractivity contribution < 1.29 is 9.59 Å². The van der Waals surface area contributed by atoms with Gasteiger partial charge in [0.25, 0.3) is 0 Å². The van der Waals surface area contributed by atoms with Crippen LogP contribution in [-0.4, -0.2) is 60.9 Å². The Labute approximate surface area is 150 Å². The molecular weight excluding hydrogens is 314 g/mol. The number of nitrogens with zero attached hydrogens (tertiary/aromatic N) is 2. The van der Waals surface area contributed by atoms with Gasteiger partial charge in [0, 0.05) is 39.1 Å².